The van der Waals surface area contributed by atoms with Crippen molar-refractivity contribution in [2.24, 2.45) is 0 Å². The van der Waals surface area contributed by atoms with Crippen molar-refractivity contribution in [3.05, 3.63) is 27.4 Å². The Morgan fingerprint density at radius 2 is 2.08 bits per heavy atom. The summed E-state index contributed by atoms with van der Waals surface area (Å²) in [4.78, 5) is 14.6. The van der Waals surface area contributed by atoms with Crippen LogP contribution in [0.1, 0.15) is 28.6 Å². The third-order valence-electron chi connectivity index (χ3n) is 4.15. The second kappa shape index (κ2) is 8.40. The average Bonchev–Trinajstić information content (AvgIpc) is 2.88. The van der Waals surface area contributed by atoms with E-state index in [4.69, 9.17) is 13.9 Å². The molecule has 0 unspecified atom stereocenters. The smallest absolute Gasteiger partial charge is 0.342 e. The number of aromatic hydroxyl groups is 1. The number of hydrogen-bond acceptors (Lipinski definition) is 6. The number of rotatable bonds is 4. The minimum Gasteiger partial charge on any atom is -0.506 e. The van der Waals surface area contributed by atoms with Gasteiger partial charge in [-0.3, -0.25) is 4.90 Å². The maximum atomic E-state index is 12.4. The van der Waals surface area contributed by atoms with Crippen LogP contribution in [0.15, 0.2) is 15.0 Å². The van der Waals surface area contributed by atoms with Crippen molar-refractivity contribution in [1.29, 1.82) is 0 Å². The minimum atomic E-state index is -0.432. The number of phenolic OH excluding ortho intramolecular Hbond substituents is 1. The second-order valence-corrected chi connectivity index (χ2v) is 6.56. The molecule has 0 spiro atoms. The Labute approximate surface area is 160 Å². The summed E-state index contributed by atoms with van der Waals surface area (Å²) in [6, 6.07) is 1.68. The van der Waals surface area contributed by atoms with Crippen molar-refractivity contribution in [3.63, 3.8) is 0 Å². The van der Waals surface area contributed by atoms with Crippen LogP contribution in [-0.4, -0.2) is 48.9 Å². The Kier molecular flexibility index (Phi) is 6.73. The molecule has 1 aromatic carbocycles. The first-order valence-corrected chi connectivity index (χ1v) is 8.72. The van der Waals surface area contributed by atoms with Gasteiger partial charge in [-0.05, 0) is 35.8 Å². The molecule has 1 saturated heterocycles. The van der Waals surface area contributed by atoms with Crippen LogP contribution in [0.4, 0.5) is 0 Å². The number of morpholine rings is 1. The summed E-state index contributed by atoms with van der Waals surface area (Å²) < 4.78 is 16.8. The van der Waals surface area contributed by atoms with Gasteiger partial charge in [-0.15, -0.1) is 12.4 Å². The molecule has 1 fully saturated rings. The molecule has 1 aliphatic rings. The van der Waals surface area contributed by atoms with Crippen LogP contribution in [0.2, 0.25) is 0 Å². The monoisotopic (exact) mass is 433 g/mol. The van der Waals surface area contributed by atoms with E-state index < -0.39 is 5.97 Å². The lowest BCUT2D eigenvalue weighted by Crippen LogP contribution is -2.35. The highest BCUT2D eigenvalue weighted by atomic mass is 79.9. The Morgan fingerprint density at radius 1 is 1.40 bits per heavy atom. The first-order chi connectivity index (χ1) is 11.5. The van der Waals surface area contributed by atoms with Crippen LogP contribution in [-0.2, 0) is 16.0 Å². The van der Waals surface area contributed by atoms with Gasteiger partial charge in [0.1, 0.15) is 22.7 Å². The molecule has 25 heavy (non-hydrogen) atoms. The van der Waals surface area contributed by atoms with E-state index in [0.29, 0.717) is 52.1 Å². The van der Waals surface area contributed by atoms with Gasteiger partial charge >= 0.3 is 5.97 Å². The first-order valence-electron chi connectivity index (χ1n) is 7.93. The fourth-order valence-corrected chi connectivity index (χ4v) is 3.45. The minimum absolute atomic E-state index is 0. The van der Waals surface area contributed by atoms with Crippen LogP contribution in [0.25, 0.3) is 11.0 Å². The Hall–Kier alpha value is -1.28. The molecule has 0 saturated carbocycles. The zero-order valence-corrected chi connectivity index (χ0v) is 16.5. The number of nitrogens with zero attached hydrogens (tertiary/aromatic N) is 1. The quantitative estimate of drug-likeness (QED) is 0.741. The standard InChI is InChI=1S/C17H20BrNO5.ClH/c1-3-23-17(21)14-10(2)24-13-8-12(18)16(20)11(15(13)14)9-19-4-6-22-7-5-19;/h8,20H,3-7,9H2,1-2H3;1H. The number of furan rings is 1. The largest absolute Gasteiger partial charge is 0.506 e. The van der Waals surface area contributed by atoms with E-state index in [1.54, 1.807) is 19.9 Å². The van der Waals surface area contributed by atoms with Crippen LogP contribution in [0.3, 0.4) is 0 Å². The average molecular weight is 435 g/mol. The number of fused-ring (bicyclic) bond motifs is 1. The lowest BCUT2D eigenvalue weighted by Gasteiger charge is -2.27. The molecule has 1 aliphatic heterocycles. The molecule has 0 atom stereocenters. The van der Waals surface area contributed by atoms with Crippen LogP contribution in [0.5, 0.6) is 5.75 Å². The predicted octanol–water partition coefficient (Wildman–Crippen LogP) is 3.64. The molecule has 0 bridgehead atoms. The summed E-state index contributed by atoms with van der Waals surface area (Å²) in [7, 11) is 0. The van der Waals surface area contributed by atoms with Crippen molar-refractivity contribution < 1.29 is 23.8 Å². The number of halogens is 2. The van der Waals surface area contributed by atoms with E-state index in [-0.39, 0.29) is 24.8 Å². The van der Waals surface area contributed by atoms with Crippen LogP contribution in [0, 0.1) is 6.92 Å². The highest BCUT2D eigenvalue weighted by Crippen LogP contribution is 2.40. The molecule has 3 rings (SSSR count). The van der Waals surface area contributed by atoms with Gasteiger partial charge in [-0.2, -0.15) is 0 Å². The molecule has 1 aromatic heterocycles. The lowest BCUT2D eigenvalue weighted by molar-refractivity contribution is 0.0340. The van der Waals surface area contributed by atoms with Gasteiger partial charge in [0, 0.05) is 30.6 Å². The Balaban J connectivity index is 0.00000225. The Morgan fingerprint density at radius 3 is 2.72 bits per heavy atom. The number of benzene rings is 1. The number of carbonyl (C=O) groups is 1. The van der Waals surface area contributed by atoms with E-state index in [1.165, 1.54) is 0 Å². The van der Waals surface area contributed by atoms with Gasteiger partial charge in [-0.1, -0.05) is 0 Å². The molecule has 2 heterocycles. The van der Waals surface area contributed by atoms with E-state index >= 15 is 0 Å². The zero-order valence-electron chi connectivity index (χ0n) is 14.1. The van der Waals surface area contributed by atoms with E-state index in [9.17, 15) is 9.90 Å². The van der Waals surface area contributed by atoms with Gasteiger partial charge in [-0.25, -0.2) is 4.79 Å². The number of aryl methyl sites for hydroxylation is 1. The summed E-state index contributed by atoms with van der Waals surface area (Å²) in [5.41, 5.74) is 1.61. The second-order valence-electron chi connectivity index (χ2n) is 5.70. The molecular weight excluding hydrogens is 414 g/mol. The molecule has 138 valence electrons. The van der Waals surface area contributed by atoms with Crippen molar-refractivity contribution in [2.75, 3.05) is 32.9 Å². The predicted molar refractivity (Wildman–Crippen MR) is 99.6 cm³/mol. The number of hydrogen-bond donors (Lipinski definition) is 1. The van der Waals surface area contributed by atoms with Gasteiger partial charge in [0.15, 0.2) is 0 Å². The summed E-state index contributed by atoms with van der Waals surface area (Å²) in [5.74, 6) is 0.184. The molecule has 6 nitrogen and oxygen atoms in total. The maximum Gasteiger partial charge on any atom is 0.342 e. The topological polar surface area (TPSA) is 72.1 Å². The van der Waals surface area contributed by atoms with Gasteiger partial charge in [0.25, 0.3) is 0 Å². The number of ether oxygens (including phenoxy) is 2. The number of carbonyl (C=O) groups excluding carboxylic acids is 1. The fourth-order valence-electron chi connectivity index (χ4n) is 3.00. The van der Waals surface area contributed by atoms with Crippen LogP contribution < -0.4 is 0 Å². The fraction of sp³-hybridized carbons (Fsp3) is 0.471. The molecule has 0 radical (unpaired) electrons. The summed E-state index contributed by atoms with van der Waals surface area (Å²) in [6.07, 6.45) is 0. The van der Waals surface area contributed by atoms with Crippen molar-refractivity contribution in [1.82, 2.24) is 4.90 Å². The van der Waals surface area contributed by atoms with E-state index in [2.05, 4.69) is 20.8 Å². The van der Waals surface area contributed by atoms with E-state index in [1.807, 2.05) is 0 Å². The number of phenols is 1. The van der Waals surface area contributed by atoms with Gasteiger partial charge < -0.3 is 19.0 Å². The molecule has 2 aromatic rings. The maximum absolute atomic E-state index is 12.4. The number of esters is 1. The highest BCUT2D eigenvalue weighted by Gasteiger charge is 2.26. The summed E-state index contributed by atoms with van der Waals surface area (Å²) in [6.45, 7) is 7.16. The SMILES string of the molecule is CCOC(=O)c1c(C)oc2cc(Br)c(O)c(CN3CCOCC3)c12.Cl. The highest BCUT2D eigenvalue weighted by molar-refractivity contribution is 9.10. The van der Waals surface area contributed by atoms with Gasteiger partial charge in [0.2, 0.25) is 0 Å². The molecule has 8 heteroatoms. The normalized spacial score (nSPS) is 15.2. The third kappa shape index (κ3) is 3.95. The van der Waals surface area contributed by atoms with Crippen molar-refractivity contribution >= 4 is 45.3 Å². The molecule has 1 N–H and O–H groups in total. The van der Waals surface area contributed by atoms with Gasteiger partial charge in [0.05, 0.1) is 24.3 Å². The lowest BCUT2D eigenvalue weighted by atomic mass is 10.0. The molecule has 0 amide bonds. The molecule has 0 aliphatic carbocycles. The summed E-state index contributed by atoms with van der Waals surface area (Å²) >= 11 is 3.36. The zero-order chi connectivity index (χ0) is 17.3. The van der Waals surface area contributed by atoms with Crippen molar-refractivity contribution in [2.45, 2.75) is 20.4 Å². The third-order valence-corrected chi connectivity index (χ3v) is 4.75. The van der Waals surface area contributed by atoms with Crippen molar-refractivity contribution in [3.8, 4) is 5.75 Å². The molecular formula is C17H21BrClNO5. The Bertz CT molecular complexity index is 770. The first kappa shape index (κ1) is 20.0. The van der Waals surface area contributed by atoms with E-state index in [0.717, 1.165) is 13.1 Å². The summed E-state index contributed by atoms with van der Waals surface area (Å²) in [5, 5.41) is 11.2. The van der Waals surface area contributed by atoms with Crippen LogP contribution >= 0.6 is 28.3 Å².